The van der Waals surface area contributed by atoms with Crippen molar-refractivity contribution in [3.63, 3.8) is 0 Å². The maximum absolute atomic E-state index is 12.9. The minimum atomic E-state index is -1.21. The lowest BCUT2D eigenvalue weighted by atomic mass is 10.0. The molecule has 0 bridgehead atoms. The minimum absolute atomic E-state index is 0.199. The third-order valence-electron chi connectivity index (χ3n) is 5.46. The molecule has 3 aromatic heterocycles. The first-order chi connectivity index (χ1) is 16.2. The van der Waals surface area contributed by atoms with Gasteiger partial charge in [-0.15, -0.1) is 0 Å². The maximum Gasteiger partial charge on any atom is 0.354 e. The number of carboxylic acids is 1. The van der Waals surface area contributed by atoms with Crippen molar-refractivity contribution in [1.29, 1.82) is 0 Å². The molecule has 0 unspecified atom stereocenters. The molecular weight excluding hydrogens is 454 g/mol. The smallest absolute Gasteiger partial charge is 0.354 e. The lowest BCUT2D eigenvalue weighted by molar-refractivity contribution is 0.0690. The Morgan fingerprint density at radius 3 is 2.62 bits per heavy atom. The molecule has 4 N–H and O–H groups in total. The van der Waals surface area contributed by atoms with Gasteiger partial charge < -0.3 is 16.2 Å². The Bertz CT molecular complexity index is 1410. The standard InChI is InChI=1S/C25H22ClN5O3/c1-13-5-23(27)30-14(2)20(13)12-29-24(32)17-9-19(31-22(10-17)25(33)34)7-15-3-4-21-16(6-15)8-18(26)11-28-21/h3-6,8-11H,7,12H2,1-2H3,(H2,27,30)(H,29,32)(H,33,34). The van der Waals surface area contributed by atoms with Crippen LogP contribution in [0.2, 0.25) is 5.02 Å². The van der Waals surface area contributed by atoms with Crippen LogP contribution >= 0.6 is 11.6 Å². The van der Waals surface area contributed by atoms with E-state index in [2.05, 4.69) is 20.3 Å². The summed E-state index contributed by atoms with van der Waals surface area (Å²) in [5, 5.41) is 13.7. The largest absolute Gasteiger partial charge is 0.477 e. The zero-order valence-corrected chi connectivity index (χ0v) is 19.3. The Kier molecular flexibility index (Phi) is 6.43. The molecule has 0 atom stereocenters. The summed E-state index contributed by atoms with van der Waals surface area (Å²) in [6, 6.07) is 12.1. The number of aryl methyl sites for hydroxylation is 2. The van der Waals surface area contributed by atoms with E-state index in [1.807, 2.05) is 38.1 Å². The van der Waals surface area contributed by atoms with Crippen molar-refractivity contribution < 1.29 is 14.7 Å². The molecule has 4 rings (SSSR count). The van der Waals surface area contributed by atoms with E-state index in [1.54, 1.807) is 18.3 Å². The molecule has 8 nitrogen and oxygen atoms in total. The number of rotatable bonds is 6. The fourth-order valence-electron chi connectivity index (χ4n) is 3.82. The van der Waals surface area contributed by atoms with Crippen molar-refractivity contribution in [2.75, 3.05) is 5.73 Å². The van der Waals surface area contributed by atoms with Crippen molar-refractivity contribution in [3.8, 4) is 0 Å². The number of nitrogens with one attached hydrogen (secondary N) is 1. The van der Waals surface area contributed by atoms with Crippen molar-refractivity contribution in [3.05, 3.63) is 93.0 Å². The number of amides is 1. The van der Waals surface area contributed by atoms with Gasteiger partial charge in [0.25, 0.3) is 5.91 Å². The molecule has 0 fully saturated rings. The van der Waals surface area contributed by atoms with Crippen molar-refractivity contribution >= 4 is 40.2 Å². The summed E-state index contributed by atoms with van der Waals surface area (Å²) in [6.07, 6.45) is 1.92. The molecule has 4 aromatic rings. The number of carbonyl (C=O) groups excluding carboxylic acids is 1. The van der Waals surface area contributed by atoms with Crippen LogP contribution in [0.3, 0.4) is 0 Å². The number of anilines is 1. The van der Waals surface area contributed by atoms with Gasteiger partial charge in [-0.1, -0.05) is 17.7 Å². The summed E-state index contributed by atoms with van der Waals surface area (Å²) < 4.78 is 0. The summed E-state index contributed by atoms with van der Waals surface area (Å²) in [5.41, 5.74) is 10.4. The Balaban J connectivity index is 1.59. The summed E-state index contributed by atoms with van der Waals surface area (Å²) in [4.78, 5) is 37.3. The highest BCUT2D eigenvalue weighted by atomic mass is 35.5. The molecular formula is C25H22ClN5O3. The quantitative estimate of drug-likeness (QED) is 0.382. The lowest BCUT2D eigenvalue weighted by Gasteiger charge is -2.12. The van der Waals surface area contributed by atoms with Crippen LogP contribution in [0.25, 0.3) is 10.9 Å². The van der Waals surface area contributed by atoms with Crippen molar-refractivity contribution in [1.82, 2.24) is 20.3 Å². The molecule has 9 heteroatoms. The number of fused-ring (bicyclic) bond motifs is 1. The van der Waals surface area contributed by atoms with Gasteiger partial charge in [0, 0.05) is 41.5 Å². The molecule has 0 radical (unpaired) electrons. The second-order valence-corrected chi connectivity index (χ2v) is 8.44. The van der Waals surface area contributed by atoms with E-state index in [4.69, 9.17) is 17.3 Å². The third-order valence-corrected chi connectivity index (χ3v) is 5.66. The number of carboxylic acid groups (broad SMARTS) is 1. The van der Waals surface area contributed by atoms with E-state index in [0.717, 1.165) is 33.3 Å². The lowest BCUT2D eigenvalue weighted by Crippen LogP contribution is -2.25. The first kappa shape index (κ1) is 23.1. The van der Waals surface area contributed by atoms with E-state index in [-0.39, 0.29) is 17.8 Å². The molecule has 0 aliphatic heterocycles. The van der Waals surface area contributed by atoms with Crippen LogP contribution in [0.5, 0.6) is 0 Å². The van der Waals surface area contributed by atoms with Gasteiger partial charge in [-0.3, -0.25) is 9.78 Å². The van der Waals surface area contributed by atoms with Gasteiger partial charge in [0.1, 0.15) is 11.5 Å². The van der Waals surface area contributed by atoms with Crippen molar-refractivity contribution in [2.45, 2.75) is 26.8 Å². The maximum atomic E-state index is 12.9. The number of halogens is 1. The average molecular weight is 476 g/mol. The molecule has 0 aliphatic rings. The molecule has 1 aromatic carbocycles. The predicted molar refractivity (Wildman–Crippen MR) is 130 cm³/mol. The molecule has 34 heavy (non-hydrogen) atoms. The van der Waals surface area contributed by atoms with Gasteiger partial charge in [-0.2, -0.15) is 0 Å². The number of benzene rings is 1. The van der Waals surface area contributed by atoms with Crippen molar-refractivity contribution in [2.24, 2.45) is 0 Å². The van der Waals surface area contributed by atoms with Crippen LogP contribution in [0.4, 0.5) is 5.82 Å². The van der Waals surface area contributed by atoms with Gasteiger partial charge in [-0.05, 0) is 66.9 Å². The summed E-state index contributed by atoms with van der Waals surface area (Å²) >= 11 is 6.05. The van der Waals surface area contributed by atoms with Gasteiger partial charge in [0.2, 0.25) is 0 Å². The number of nitrogens with two attached hydrogens (primary N) is 1. The Hall–Kier alpha value is -4.04. The Morgan fingerprint density at radius 1 is 1.09 bits per heavy atom. The Labute approximate surface area is 200 Å². The predicted octanol–water partition coefficient (Wildman–Crippen LogP) is 4.10. The number of nitrogens with zero attached hydrogens (tertiary/aromatic N) is 3. The van der Waals surface area contributed by atoms with E-state index in [0.29, 0.717) is 23.0 Å². The van der Waals surface area contributed by atoms with E-state index in [1.165, 1.54) is 6.07 Å². The molecule has 0 aliphatic carbocycles. The zero-order chi connectivity index (χ0) is 24.4. The van der Waals surface area contributed by atoms with Crippen LogP contribution in [-0.4, -0.2) is 31.9 Å². The summed E-state index contributed by atoms with van der Waals surface area (Å²) in [7, 11) is 0. The highest BCUT2D eigenvalue weighted by Gasteiger charge is 2.15. The van der Waals surface area contributed by atoms with Crippen LogP contribution < -0.4 is 11.1 Å². The number of hydrogen-bond donors (Lipinski definition) is 3. The molecule has 1 amide bonds. The normalized spacial score (nSPS) is 10.9. The van der Waals surface area contributed by atoms with Gasteiger partial charge in [-0.25, -0.2) is 14.8 Å². The van der Waals surface area contributed by atoms with Gasteiger partial charge in [0.05, 0.1) is 10.5 Å². The number of aromatic carboxylic acids is 1. The molecule has 172 valence electrons. The zero-order valence-electron chi connectivity index (χ0n) is 18.6. The first-order valence-electron chi connectivity index (χ1n) is 10.5. The number of carbonyl (C=O) groups is 2. The topological polar surface area (TPSA) is 131 Å². The monoisotopic (exact) mass is 475 g/mol. The summed E-state index contributed by atoms with van der Waals surface area (Å²) in [5.74, 6) is -1.20. The highest BCUT2D eigenvalue weighted by Crippen LogP contribution is 2.20. The number of hydrogen-bond acceptors (Lipinski definition) is 6. The van der Waals surface area contributed by atoms with E-state index >= 15 is 0 Å². The molecule has 3 heterocycles. The molecule has 0 saturated heterocycles. The van der Waals surface area contributed by atoms with Crippen LogP contribution in [0.15, 0.2) is 48.7 Å². The number of aromatic nitrogens is 3. The van der Waals surface area contributed by atoms with E-state index in [9.17, 15) is 14.7 Å². The van der Waals surface area contributed by atoms with Gasteiger partial charge >= 0.3 is 5.97 Å². The third kappa shape index (κ3) is 5.13. The second kappa shape index (κ2) is 9.44. The fraction of sp³-hybridized carbons (Fsp3) is 0.160. The Morgan fingerprint density at radius 2 is 1.88 bits per heavy atom. The van der Waals surface area contributed by atoms with E-state index < -0.39 is 11.9 Å². The van der Waals surface area contributed by atoms with Crippen LogP contribution in [-0.2, 0) is 13.0 Å². The second-order valence-electron chi connectivity index (χ2n) is 8.01. The van der Waals surface area contributed by atoms with Crippen LogP contribution in [0, 0.1) is 13.8 Å². The fourth-order valence-corrected chi connectivity index (χ4v) is 3.98. The highest BCUT2D eigenvalue weighted by molar-refractivity contribution is 6.31. The minimum Gasteiger partial charge on any atom is -0.477 e. The number of pyridine rings is 3. The SMILES string of the molecule is Cc1cc(N)nc(C)c1CNC(=O)c1cc(Cc2ccc3ncc(Cl)cc3c2)nc(C(=O)O)c1. The molecule has 0 saturated carbocycles. The number of nitrogen functional groups attached to an aromatic ring is 1. The van der Waals surface area contributed by atoms with Crippen LogP contribution in [0.1, 0.15) is 48.9 Å². The first-order valence-corrected chi connectivity index (χ1v) is 10.9. The average Bonchev–Trinajstić information content (AvgIpc) is 2.77. The molecule has 0 spiro atoms. The van der Waals surface area contributed by atoms with Gasteiger partial charge in [0.15, 0.2) is 0 Å². The summed E-state index contributed by atoms with van der Waals surface area (Å²) in [6.45, 7) is 3.96.